The summed E-state index contributed by atoms with van der Waals surface area (Å²) in [5, 5.41) is 1.40. The van der Waals surface area contributed by atoms with Crippen LogP contribution in [0.4, 0.5) is 0 Å². The van der Waals surface area contributed by atoms with Crippen molar-refractivity contribution in [2.75, 3.05) is 0 Å². The van der Waals surface area contributed by atoms with Gasteiger partial charge in [-0.2, -0.15) is 0 Å². The fraction of sp³-hybridized carbons (Fsp3) is 0.308. The van der Waals surface area contributed by atoms with Gasteiger partial charge in [-0.1, -0.05) is 73.9 Å². The molecule has 1 aromatic carbocycles. The van der Waals surface area contributed by atoms with E-state index in [0.717, 1.165) is 4.90 Å². The van der Waals surface area contributed by atoms with Crippen molar-refractivity contribution in [3.05, 3.63) is 40.1 Å². The van der Waals surface area contributed by atoms with E-state index in [0.29, 0.717) is 15.5 Å². The van der Waals surface area contributed by atoms with Gasteiger partial charge >= 0.3 is 0 Å². The minimum Gasteiger partial charge on any atom is -0.322 e. The summed E-state index contributed by atoms with van der Waals surface area (Å²) in [6.07, 6.45) is 0. The van der Waals surface area contributed by atoms with Crippen LogP contribution in [-0.4, -0.2) is 9.97 Å². The van der Waals surface area contributed by atoms with E-state index in [1.807, 2.05) is 12.1 Å². The molecule has 96 valence electrons. The minimum atomic E-state index is 0.0871. The van der Waals surface area contributed by atoms with Gasteiger partial charge in [-0.15, -0.1) is 0 Å². The molecule has 0 atom stereocenters. The number of halogens is 2. The van der Waals surface area contributed by atoms with Crippen LogP contribution in [0, 0.1) is 0 Å². The summed E-state index contributed by atoms with van der Waals surface area (Å²) in [6, 6.07) is 8.28. The maximum Gasteiger partial charge on any atom is 0.172 e. The van der Waals surface area contributed by atoms with Crippen LogP contribution >= 0.6 is 35.0 Å². The molecule has 0 unspecified atom stereocenters. The number of nitrogens with zero attached hydrogens (tertiary/aromatic N) is 1. The van der Waals surface area contributed by atoms with Gasteiger partial charge in [0.25, 0.3) is 0 Å². The summed E-state index contributed by atoms with van der Waals surface area (Å²) < 4.78 is 0. The average Bonchev–Trinajstić information content (AvgIpc) is 2.57. The van der Waals surface area contributed by atoms with Crippen molar-refractivity contribution in [3.63, 3.8) is 0 Å². The Labute approximate surface area is 121 Å². The lowest BCUT2D eigenvalue weighted by Crippen LogP contribution is -2.12. The molecule has 18 heavy (non-hydrogen) atoms. The van der Waals surface area contributed by atoms with Crippen molar-refractivity contribution in [3.8, 4) is 0 Å². The fourth-order valence-corrected chi connectivity index (χ4v) is 3.14. The number of rotatable bonds is 2. The van der Waals surface area contributed by atoms with Gasteiger partial charge in [0.1, 0.15) is 5.15 Å². The number of hydrogen-bond acceptors (Lipinski definition) is 2. The molecule has 5 heteroatoms. The zero-order valence-corrected chi connectivity index (χ0v) is 12.7. The zero-order chi connectivity index (χ0) is 13.3. The van der Waals surface area contributed by atoms with E-state index >= 15 is 0 Å². The number of imidazole rings is 1. The predicted molar refractivity (Wildman–Crippen MR) is 77.9 cm³/mol. The van der Waals surface area contributed by atoms with Crippen molar-refractivity contribution in [1.82, 2.24) is 9.97 Å². The van der Waals surface area contributed by atoms with Gasteiger partial charge in [0.15, 0.2) is 10.3 Å². The Morgan fingerprint density at radius 3 is 2.39 bits per heavy atom. The fourth-order valence-electron chi connectivity index (χ4n) is 1.64. The summed E-state index contributed by atoms with van der Waals surface area (Å²) in [5.41, 5.74) is 1.36. The number of aromatic amines is 1. The summed E-state index contributed by atoms with van der Waals surface area (Å²) in [6.45, 7) is 6.57. The largest absolute Gasteiger partial charge is 0.322 e. The number of nitrogens with one attached hydrogen (secondary N) is 1. The first kappa shape index (κ1) is 13.8. The minimum absolute atomic E-state index is 0.0871. The maximum absolute atomic E-state index is 5.86. The Hall–Kier alpha value is -0.640. The average molecular weight is 301 g/mol. The first-order valence-electron chi connectivity index (χ1n) is 5.56. The number of hydrogen-bond donors (Lipinski definition) is 1. The molecule has 0 bridgehead atoms. The van der Waals surface area contributed by atoms with Crippen LogP contribution in [0.5, 0.6) is 0 Å². The van der Waals surface area contributed by atoms with Crippen LogP contribution in [0.3, 0.4) is 0 Å². The van der Waals surface area contributed by atoms with Gasteiger partial charge < -0.3 is 4.98 Å². The summed E-state index contributed by atoms with van der Waals surface area (Å²) in [4.78, 5) is 8.29. The summed E-state index contributed by atoms with van der Waals surface area (Å²) in [7, 11) is 0. The van der Waals surface area contributed by atoms with Crippen molar-refractivity contribution in [1.29, 1.82) is 0 Å². The molecule has 2 rings (SSSR count). The first-order chi connectivity index (χ1) is 8.38. The summed E-state index contributed by atoms with van der Waals surface area (Å²) in [5.74, 6) is 0. The number of H-pyrrole nitrogens is 1. The Balaban J connectivity index is 2.35. The van der Waals surface area contributed by atoms with Crippen molar-refractivity contribution < 1.29 is 0 Å². The number of benzene rings is 1. The van der Waals surface area contributed by atoms with Crippen LogP contribution < -0.4 is 0 Å². The lowest BCUT2D eigenvalue weighted by molar-refractivity contribution is 0.578. The van der Waals surface area contributed by atoms with E-state index in [-0.39, 0.29) is 5.41 Å². The van der Waals surface area contributed by atoms with Gasteiger partial charge in [-0.05, 0) is 17.0 Å². The molecule has 0 spiro atoms. The highest BCUT2D eigenvalue weighted by Crippen LogP contribution is 2.36. The molecular formula is C13H14Cl2N2S. The normalized spacial score (nSPS) is 11.8. The molecule has 0 aliphatic carbocycles. The van der Waals surface area contributed by atoms with E-state index in [2.05, 4.69) is 42.9 Å². The van der Waals surface area contributed by atoms with E-state index in [4.69, 9.17) is 23.2 Å². The smallest absolute Gasteiger partial charge is 0.172 e. The van der Waals surface area contributed by atoms with Crippen LogP contribution in [0.1, 0.15) is 26.3 Å². The Kier molecular flexibility index (Phi) is 3.95. The van der Waals surface area contributed by atoms with E-state index in [1.54, 1.807) is 11.8 Å². The molecule has 2 aromatic rings. The molecule has 0 saturated carbocycles. The molecule has 0 aliphatic heterocycles. The Bertz CT molecular complexity index is 539. The molecule has 1 aromatic heterocycles. The van der Waals surface area contributed by atoms with Crippen LogP contribution in [-0.2, 0) is 5.41 Å². The molecule has 2 nitrogen and oxygen atoms in total. The van der Waals surface area contributed by atoms with Crippen LogP contribution in [0.25, 0.3) is 0 Å². The third kappa shape index (κ3) is 3.02. The van der Waals surface area contributed by atoms with Gasteiger partial charge in [-0.3, -0.25) is 0 Å². The van der Waals surface area contributed by atoms with Gasteiger partial charge in [-0.25, -0.2) is 4.98 Å². The molecule has 0 saturated heterocycles. The molecule has 0 amide bonds. The quantitative estimate of drug-likeness (QED) is 0.829. The molecular weight excluding hydrogens is 287 g/mol. The monoisotopic (exact) mass is 300 g/mol. The topological polar surface area (TPSA) is 28.7 Å². The second-order valence-corrected chi connectivity index (χ2v) is 6.76. The third-order valence-corrected chi connectivity index (χ3v) is 4.11. The highest BCUT2D eigenvalue weighted by Gasteiger charge is 2.19. The van der Waals surface area contributed by atoms with E-state index in [9.17, 15) is 0 Å². The van der Waals surface area contributed by atoms with Gasteiger partial charge in [0.05, 0.1) is 0 Å². The molecule has 0 fully saturated rings. The standard InChI is InChI=1S/C13H14Cl2N2S/c1-13(2,3)8-6-4-5-7-9(8)18-12-16-10(14)11(15)17-12/h4-7H,1-3H3,(H,16,17). The first-order valence-corrected chi connectivity index (χ1v) is 7.13. The maximum atomic E-state index is 5.86. The molecule has 0 radical (unpaired) electrons. The predicted octanol–water partition coefficient (Wildman–Crippen LogP) is 5.17. The second-order valence-electron chi connectivity index (χ2n) is 4.99. The molecule has 1 N–H and O–H groups in total. The van der Waals surface area contributed by atoms with E-state index < -0.39 is 0 Å². The SMILES string of the molecule is CC(C)(C)c1ccccc1Sc1nc(Cl)c(Cl)[nH]1. The molecule has 0 aliphatic rings. The van der Waals surface area contributed by atoms with E-state index in [1.165, 1.54) is 5.56 Å². The molecule has 1 heterocycles. The Morgan fingerprint density at radius 2 is 1.83 bits per heavy atom. The van der Waals surface area contributed by atoms with Gasteiger partial charge in [0.2, 0.25) is 0 Å². The number of aromatic nitrogens is 2. The van der Waals surface area contributed by atoms with Crippen LogP contribution in [0.2, 0.25) is 10.3 Å². The van der Waals surface area contributed by atoms with Gasteiger partial charge in [0, 0.05) is 4.90 Å². The van der Waals surface area contributed by atoms with Crippen LogP contribution in [0.15, 0.2) is 34.3 Å². The third-order valence-electron chi connectivity index (χ3n) is 2.50. The highest BCUT2D eigenvalue weighted by atomic mass is 35.5. The van der Waals surface area contributed by atoms with Crippen molar-refractivity contribution in [2.24, 2.45) is 0 Å². The lowest BCUT2D eigenvalue weighted by atomic mass is 9.87. The highest BCUT2D eigenvalue weighted by molar-refractivity contribution is 7.99. The Morgan fingerprint density at radius 1 is 1.17 bits per heavy atom. The van der Waals surface area contributed by atoms with Crippen molar-refractivity contribution >= 4 is 35.0 Å². The second kappa shape index (κ2) is 5.16. The summed E-state index contributed by atoms with van der Waals surface area (Å²) >= 11 is 13.2. The zero-order valence-electron chi connectivity index (χ0n) is 10.4. The lowest BCUT2D eigenvalue weighted by Gasteiger charge is -2.21. The van der Waals surface area contributed by atoms with Crippen molar-refractivity contribution in [2.45, 2.75) is 36.2 Å².